The zero-order valence-corrected chi connectivity index (χ0v) is 10.1. The van der Waals surface area contributed by atoms with Crippen LogP contribution in [0.25, 0.3) is 0 Å². The van der Waals surface area contributed by atoms with E-state index in [4.69, 9.17) is 17.3 Å². The molecule has 0 radical (unpaired) electrons. The first-order valence-electron chi connectivity index (χ1n) is 5.07. The Kier molecular flexibility index (Phi) is 4.65. The lowest BCUT2D eigenvalue weighted by Crippen LogP contribution is -2.24. The fourth-order valence-corrected chi connectivity index (χ4v) is 1.63. The predicted molar refractivity (Wildman–Crippen MR) is 62.9 cm³/mol. The van der Waals surface area contributed by atoms with Crippen molar-refractivity contribution in [2.75, 3.05) is 19.3 Å². The minimum atomic E-state index is -4.13. The third kappa shape index (κ3) is 5.28. The van der Waals surface area contributed by atoms with Crippen molar-refractivity contribution in [2.24, 2.45) is 0 Å². The number of nitrogens with zero attached hydrogens (tertiary/aromatic N) is 1. The topological polar surface area (TPSA) is 29.3 Å². The highest BCUT2D eigenvalue weighted by atomic mass is 35.5. The van der Waals surface area contributed by atoms with Gasteiger partial charge in [0.25, 0.3) is 0 Å². The SMILES string of the molecule is CN(CCC(F)(F)F)Cc1ccc(N)cc1Cl. The molecule has 17 heavy (non-hydrogen) atoms. The molecule has 2 N–H and O–H groups in total. The van der Waals surface area contributed by atoms with Crippen molar-refractivity contribution in [3.63, 3.8) is 0 Å². The van der Waals surface area contributed by atoms with Crippen molar-refractivity contribution in [3.05, 3.63) is 28.8 Å². The van der Waals surface area contributed by atoms with Crippen LogP contribution in [0.2, 0.25) is 5.02 Å². The summed E-state index contributed by atoms with van der Waals surface area (Å²) in [6, 6.07) is 5.00. The molecular weight excluding hydrogens is 253 g/mol. The number of hydrogen-bond donors (Lipinski definition) is 1. The quantitative estimate of drug-likeness (QED) is 0.847. The lowest BCUT2D eigenvalue weighted by Gasteiger charge is -2.18. The van der Waals surface area contributed by atoms with Crippen LogP contribution in [0.3, 0.4) is 0 Å². The molecule has 1 rings (SSSR count). The Morgan fingerprint density at radius 2 is 2.00 bits per heavy atom. The fraction of sp³-hybridized carbons (Fsp3) is 0.455. The summed E-state index contributed by atoms with van der Waals surface area (Å²) < 4.78 is 36.1. The van der Waals surface area contributed by atoms with Crippen LogP contribution in [0.1, 0.15) is 12.0 Å². The van der Waals surface area contributed by atoms with E-state index < -0.39 is 12.6 Å². The molecule has 0 aromatic heterocycles. The molecule has 2 nitrogen and oxygen atoms in total. The second-order valence-corrected chi connectivity index (χ2v) is 4.36. The average Bonchev–Trinajstić information content (AvgIpc) is 2.18. The normalized spacial score (nSPS) is 12.1. The van der Waals surface area contributed by atoms with Crippen molar-refractivity contribution in [1.29, 1.82) is 0 Å². The monoisotopic (exact) mass is 266 g/mol. The Balaban J connectivity index is 2.53. The van der Waals surface area contributed by atoms with Gasteiger partial charge in [-0.05, 0) is 24.7 Å². The van der Waals surface area contributed by atoms with Gasteiger partial charge in [0.2, 0.25) is 0 Å². The van der Waals surface area contributed by atoms with Crippen LogP contribution in [-0.4, -0.2) is 24.7 Å². The number of anilines is 1. The second kappa shape index (κ2) is 5.60. The molecule has 0 fully saturated rings. The minimum Gasteiger partial charge on any atom is -0.399 e. The first-order chi connectivity index (χ1) is 7.78. The van der Waals surface area contributed by atoms with Gasteiger partial charge in [-0.1, -0.05) is 17.7 Å². The van der Waals surface area contributed by atoms with Gasteiger partial charge in [0.15, 0.2) is 0 Å². The number of halogens is 4. The first-order valence-corrected chi connectivity index (χ1v) is 5.45. The molecule has 0 amide bonds. The number of nitrogen functional groups attached to an aromatic ring is 1. The van der Waals surface area contributed by atoms with Crippen molar-refractivity contribution in [1.82, 2.24) is 4.90 Å². The third-order valence-electron chi connectivity index (χ3n) is 2.29. The molecular formula is C11H14ClF3N2. The molecule has 0 unspecified atom stereocenters. The van der Waals surface area contributed by atoms with Crippen molar-refractivity contribution < 1.29 is 13.2 Å². The highest BCUT2D eigenvalue weighted by Gasteiger charge is 2.27. The van der Waals surface area contributed by atoms with E-state index in [2.05, 4.69) is 0 Å². The summed E-state index contributed by atoms with van der Waals surface area (Å²) in [6.45, 7) is 0.319. The van der Waals surface area contributed by atoms with Gasteiger partial charge in [0, 0.05) is 23.8 Å². The van der Waals surface area contributed by atoms with Gasteiger partial charge in [0.05, 0.1) is 6.42 Å². The highest BCUT2D eigenvalue weighted by Crippen LogP contribution is 2.22. The molecule has 0 bridgehead atoms. The average molecular weight is 267 g/mol. The summed E-state index contributed by atoms with van der Waals surface area (Å²) in [4.78, 5) is 1.57. The zero-order chi connectivity index (χ0) is 13.1. The number of benzene rings is 1. The van der Waals surface area contributed by atoms with Gasteiger partial charge in [-0.2, -0.15) is 13.2 Å². The van der Waals surface area contributed by atoms with Crippen LogP contribution in [0.15, 0.2) is 18.2 Å². The summed E-state index contributed by atoms with van der Waals surface area (Å²) in [6.07, 6.45) is -4.95. The maximum atomic E-state index is 12.0. The fourth-order valence-electron chi connectivity index (χ4n) is 1.38. The minimum absolute atomic E-state index is 0.0514. The molecule has 6 heteroatoms. The molecule has 0 heterocycles. The first kappa shape index (κ1) is 14.1. The molecule has 96 valence electrons. The lowest BCUT2D eigenvalue weighted by atomic mass is 10.2. The maximum Gasteiger partial charge on any atom is 0.390 e. The van der Waals surface area contributed by atoms with Crippen LogP contribution in [0.4, 0.5) is 18.9 Å². The Hall–Kier alpha value is -0.940. The number of alkyl halides is 3. The molecule has 0 atom stereocenters. The van der Waals surface area contributed by atoms with Crippen molar-refractivity contribution in [2.45, 2.75) is 19.1 Å². The maximum absolute atomic E-state index is 12.0. The Bertz CT molecular complexity index is 379. The molecule has 0 saturated heterocycles. The predicted octanol–water partition coefficient (Wildman–Crippen LogP) is 3.31. The largest absolute Gasteiger partial charge is 0.399 e. The van der Waals surface area contributed by atoms with Gasteiger partial charge in [-0.15, -0.1) is 0 Å². The standard InChI is InChI=1S/C11H14ClF3N2/c1-17(5-4-11(13,14)15)7-8-2-3-9(16)6-10(8)12/h2-3,6H,4-5,7,16H2,1H3. The summed E-state index contributed by atoms with van der Waals surface area (Å²) in [5.74, 6) is 0. The van der Waals surface area contributed by atoms with Gasteiger partial charge in [-0.3, -0.25) is 0 Å². The van der Waals surface area contributed by atoms with Crippen molar-refractivity contribution in [3.8, 4) is 0 Å². The Morgan fingerprint density at radius 1 is 1.35 bits per heavy atom. The van der Waals surface area contributed by atoms with E-state index in [0.29, 0.717) is 17.3 Å². The van der Waals surface area contributed by atoms with E-state index in [9.17, 15) is 13.2 Å². The Morgan fingerprint density at radius 3 is 2.53 bits per heavy atom. The number of rotatable bonds is 4. The van der Waals surface area contributed by atoms with Crippen molar-refractivity contribution >= 4 is 17.3 Å². The van der Waals surface area contributed by atoms with Gasteiger partial charge in [-0.25, -0.2) is 0 Å². The van der Waals surface area contributed by atoms with Crippen LogP contribution >= 0.6 is 11.6 Å². The second-order valence-electron chi connectivity index (χ2n) is 3.95. The van der Waals surface area contributed by atoms with E-state index in [-0.39, 0.29) is 6.54 Å². The van der Waals surface area contributed by atoms with E-state index >= 15 is 0 Å². The lowest BCUT2D eigenvalue weighted by molar-refractivity contribution is -0.137. The molecule has 0 aliphatic rings. The molecule has 0 spiro atoms. The number of hydrogen-bond acceptors (Lipinski definition) is 2. The zero-order valence-electron chi connectivity index (χ0n) is 9.39. The van der Waals surface area contributed by atoms with Crippen LogP contribution in [0.5, 0.6) is 0 Å². The number of nitrogens with two attached hydrogens (primary N) is 1. The van der Waals surface area contributed by atoms with Gasteiger partial charge < -0.3 is 10.6 Å². The molecule has 0 aliphatic heterocycles. The Labute approximate surface area is 103 Å². The van der Waals surface area contributed by atoms with Gasteiger partial charge in [0.1, 0.15) is 0 Å². The van der Waals surface area contributed by atoms with E-state index in [1.165, 1.54) is 0 Å². The van der Waals surface area contributed by atoms with Gasteiger partial charge >= 0.3 is 6.18 Å². The highest BCUT2D eigenvalue weighted by molar-refractivity contribution is 6.31. The van der Waals surface area contributed by atoms with Crippen LogP contribution in [0, 0.1) is 0 Å². The summed E-state index contributed by atoms with van der Waals surface area (Å²) in [5.41, 5.74) is 6.83. The molecule has 1 aromatic rings. The molecule has 0 saturated carbocycles. The summed E-state index contributed by atoms with van der Waals surface area (Å²) >= 11 is 5.93. The molecule has 1 aromatic carbocycles. The van der Waals surface area contributed by atoms with E-state index in [0.717, 1.165) is 5.56 Å². The smallest absolute Gasteiger partial charge is 0.390 e. The third-order valence-corrected chi connectivity index (χ3v) is 2.65. The van der Waals surface area contributed by atoms with E-state index in [1.807, 2.05) is 0 Å². The van der Waals surface area contributed by atoms with Crippen LogP contribution in [-0.2, 0) is 6.54 Å². The molecule has 0 aliphatic carbocycles. The van der Waals surface area contributed by atoms with E-state index in [1.54, 1.807) is 30.1 Å². The van der Waals surface area contributed by atoms with Crippen LogP contribution < -0.4 is 5.73 Å². The summed E-state index contributed by atoms with van der Waals surface area (Å²) in [7, 11) is 1.62. The summed E-state index contributed by atoms with van der Waals surface area (Å²) in [5, 5.41) is 0.476.